The number of nitrogens with zero attached hydrogens (tertiary/aromatic N) is 1. The number of hydrogen-bond acceptors (Lipinski definition) is 2. The molecule has 1 aromatic heterocycles. The molecule has 0 amide bonds. The Kier molecular flexibility index (Phi) is 4.08. The molecule has 108 valence electrons. The zero-order valence-electron chi connectivity index (χ0n) is 10.9. The van der Waals surface area contributed by atoms with Gasteiger partial charge in [0.2, 0.25) is 0 Å². The van der Waals surface area contributed by atoms with Gasteiger partial charge in [-0.3, -0.25) is 5.10 Å². The fourth-order valence-corrected chi connectivity index (χ4v) is 2.35. The molecule has 2 rings (SSSR count). The van der Waals surface area contributed by atoms with Crippen LogP contribution in [0, 0.1) is 13.8 Å². The normalized spacial score (nSPS) is 11.7. The van der Waals surface area contributed by atoms with Crippen LogP contribution in [0.3, 0.4) is 0 Å². The number of hydrogen-bond donors (Lipinski definition) is 2. The van der Waals surface area contributed by atoms with E-state index in [4.69, 9.17) is 0 Å². The third kappa shape index (κ3) is 3.15. The van der Waals surface area contributed by atoms with E-state index in [-0.39, 0.29) is 4.47 Å². The second-order valence-electron chi connectivity index (χ2n) is 4.46. The Morgan fingerprint density at radius 2 is 2.00 bits per heavy atom. The van der Waals surface area contributed by atoms with Gasteiger partial charge in [-0.25, -0.2) is 0 Å². The Balaban J connectivity index is 2.19. The van der Waals surface area contributed by atoms with Crippen LogP contribution in [0.4, 0.5) is 18.9 Å². The third-order valence-corrected chi connectivity index (χ3v) is 3.71. The molecule has 1 aromatic carbocycles. The first-order chi connectivity index (χ1) is 9.29. The van der Waals surface area contributed by atoms with Crippen LogP contribution < -0.4 is 5.32 Å². The minimum atomic E-state index is -4.38. The Morgan fingerprint density at radius 3 is 2.55 bits per heavy atom. The fraction of sp³-hybridized carbons (Fsp3) is 0.308. The molecule has 0 saturated heterocycles. The molecule has 0 fully saturated rings. The smallest absolute Gasteiger partial charge is 0.381 e. The van der Waals surface area contributed by atoms with Gasteiger partial charge in [-0.2, -0.15) is 18.3 Å². The molecule has 0 unspecified atom stereocenters. The number of aromatic nitrogens is 2. The van der Waals surface area contributed by atoms with Crippen molar-refractivity contribution in [3.05, 3.63) is 45.2 Å². The van der Waals surface area contributed by atoms with Gasteiger partial charge in [0, 0.05) is 28.0 Å². The molecule has 1 heterocycles. The average molecular weight is 348 g/mol. The van der Waals surface area contributed by atoms with Gasteiger partial charge in [0.15, 0.2) is 0 Å². The first-order valence-electron chi connectivity index (χ1n) is 5.90. The Hall–Kier alpha value is -1.50. The zero-order chi connectivity index (χ0) is 14.9. The van der Waals surface area contributed by atoms with Gasteiger partial charge >= 0.3 is 6.18 Å². The van der Waals surface area contributed by atoms with Crippen LogP contribution in [0.5, 0.6) is 0 Å². The third-order valence-electron chi connectivity index (χ3n) is 3.02. The number of halogens is 4. The highest BCUT2D eigenvalue weighted by Crippen LogP contribution is 2.36. The van der Waals surface area contributed by atoms with E-state index >= 15 is 0 Å². The highest BCUT2D eigenvalue weighted by molar-refractivity contribution is 9.10. The summed E-state index contributed by atoms with van der Waals surface area (Å²) in [6.45, 7) is 4.15. The number of benzene rings is 1. The molecule has 0 aliphatic heterocycles. The van der Waals surface area contributed by atoms with Crippen molar-refractivity contribution in [3.8, 4) is 0 Å². The van der Waals surface area contributed by atoms with E-state index in [1.807, 2.05) is 13.8 Å². The van der Waals surface area contributed by atoms with E-state index in [9.17, 15) is 13.2 Å². The van der Waals surface area contributed by atoms with E-state index in [0.29, 0.717) is 12.2 Å². The number of aryl methyl sites for hydroxylation is 2. The van der Waals surface area contributed by atoms with Gasteiger partial charge in [0.1, 0.15) is 0 Å². The molecule has 0 bridgehead atoms. The Labute approximate surface area is 122 Å². The summed E-state index contributed by atoms with van der Waals surface area (Å²) in [5.74, 6) is 0. The fourth-order valence-electron chi connectivity index (χ4n) is 1.88. The number of aromatic amines is 1. The molecule has 20 heavy (non-hydrogen) atoms. The lowest BCUT2D eigenvalue weighted by Gasteiger charge is -2.12. The molecular formula is C13H13BrF3N3. The maximum absolute atomic E-state index is 12.8. The molecule has 2 N–H and O–H groups in total. The minimum absolute atomic E-state index is 0.0335. The van der Waals surface area contributed by atoms with Crippen molar-refractivity contribution in [2.45, 2.75) is 26.6 Å². The van der Waals surface area contributed by atoms with E-state index in [2.05, 4.69) is 31.4 Å². The van der Waals surface area contributed by atoms with Gasteiger partial charge in [0.05, 0.1) is 11.3 Å². The summed E-state index contributed by atoms with van der Waals surface area (Å²) in [4.78, 5) is 0. The SMILES string of the molecule is Cc1n[nH]c(C)c1CNc1ccc(Br)c(C(F)(F)F)c1. The number of H-pyrrole nitrogens is 1. The maximum Gasteiger partial charge on any atom is 0.417 e. The summed E-state index contributed by atoms with van der Waals surface area (Å²) in [6.07, 6.45) is -4.38. The number of alkyl halides is 3. The largest absolute Gasteiger partial charge is 0.417 e. The molecule has 2 aromatic rings. The van der Waals surface area contributed by atoms with E-state index in [0.717, 1.165) is 23.0 Å². The molecule has 7 heteroatoms. The predicted octanol–water partition coefficient (Wildman–Crippen LogP) is 4.42. The highest BCUT2D eigenvalue weighted by Gasteiger charge is 2.33. The predicted molar refractivity (Wildman–Crippen MR) is 74.5 cm³/mol. The summed E-state index contributed by atoms with van der Waals surface area (Å²) >= 11 is 2.92. The van der Waals surface area contributed by atoms with Crippen molar-refractivity contribution in [2.75, 3.05) is 5.32 Å². The van der Waals surface area contributed by atoms with Crippen molar-refractivity contribution in [1.29, 1.82) is 0 Å². The van der Waals surface area contributed by atoms with Crippen LogP contribution in [0.2, 0.25) is 0 Å². The van der Waals surface area contributed by atoms with Crippen molar-refractivity contribution >= 4 is 21.6 Å². The van der Waals surface area contributed by atoms with Gasteiger partial charge in [-0.1, -0.05) is 15.9 Å². The first-order valence-corrected chi connectivity index (χ1v) is 6.69. The Bertz CT molecular complexity index is 600. The lowest BCUT2D eigenvalue weighted by atomic mass is 10.1. The van der Waals surface area contributed by atoms with Crippen molar-refractivity contribution in [1.82, 2.24) is 10.2 Å². The summed E-state index contributed by atoms with van der Waals surface area (Å²) in [6, 6.07) is 4.08. The summed E-state index contributed by atoms with van der Waals surface area (Å²) in [7, 11) is 0. The van der Waals surface area contributed by atoms with E-state index in [1.54, 1.807) is 6.07 Å². The van der Waals surface area contributed by atoms with Gasteiger partial charge in [0.25, 0.3) is 0 Å². The first kappa shape index (κ1) is 14.9. The Morgan fingerprint density at radius 1 is 1.30 bits per heavy atom. The van der Waals surface area contributed by atoms with Gasteiger partial charge in [-0.15, -0.1) is 0 Å². The van der Waals surface area contributed by atoms with Crippen LogP contribution in [-0.2, 0) is 12.7 Å². The zero-order valence-corrected chi connectivity index (χ0v) is 12.5. The van der Waals surface area contributed by atoms with Crippen LogP contribution in [0.1, 0.15) is 22.5 Å². The molecule has 0 aliphatic rings. The van der Waals surface area contributed by atoms with Crippen LogP contribution in [0.25, 0.3) is 0 Å². The quantitative estimate of drug-likeness (QED) is 0.862. The summed E-state index contributed by atoms with van der Waals surface area (Å²) < 4.78 is 38.4. The second-order valence-corrected chi connectivity index (χ2v) is 5.31. The maximum atomic E-state index is 12.8. The minimum Gasteiger partial charge on any atom is -0.381 e. The molecule has 0 saturated carbocycles. The molecule has 0 radical (unpaired) electrons. The average Bonchev–Trinajstić information content (AvgIpc) is 2.67. The van der Waals surface area contributed by atoms with Crippen LogP contribution in [-0.4, -0.2) is 10.2 Å². The molecule has 0 aliphatic carbocycles. The van der Waals surface area contributed by atoms with Gasteiger partial charge in [-0.05, 0) is 32.0 Å². The lowest BCUT2D eigenvalue weighted by Crippen LogP contribution is -2.08. The summed E-state index contributed by atoms with van der Waals surface area (Å²) in [5.41, 5.74) is 2.43. The lowest BCUT2D eigenvalue weighted by molar-refractivity contribution is -0.138. The van der Waals surface area contributed by atoms with E-state index in [1.165, 1.54) is 6.07 Å². The number of anilines is 1. The summed E-state index contributed by atoms with van der Waals surface area (Å²) in [5, 5.41) is 9.87. The number of nitrogens with one attached hydrogen (secondary N) is 2. The molecule has 3 nitrogen and oxygen atoms in total. The van der Waals surface area contributed by atoms with E-state index < -0.39 is 11.7 Å². The highest BCUT2D eigenvalue weighted by atomic mass is 79.9. The topological polar surface area (TPSA) is 40.7 Å². The monoisotopic (exact) mass is 347 g/mol. The van der Waals surface area contributed by atoms with Gasteiger partial charge < -0.3 is 5.32 Å². The van der Waals surface area contributed by atoms with Crippen LogP contribution in [0.15, 0.2) is 22.7 Å². The van der Waals surface area contributed by atoms with Crippen molar-refractivity contribution < 1.29 is 13.2 Å². The van der Waals surface area contributed by atoms with Crippen molar-refractivity contribution in [3.63, 3.8) is 0 Å². The second kappa shape index (κ2) is 5.47. The standard InChI is InChI=1S/C13H13BrF3N3/c1-7-10(8(2)20-19-7)6-18-9-3-4-12(14)11(5-9)13(15,16)17/h3-5,18H,6H2,1-2H3,(H,19,20). The molecular weight excluding hydrogens is 335 g/mol. The number of rotatable bonds is 3. The van der Waals surface area contributed by atoms with Crippen molar-refractivity contribution in [2.24, 2.45) is 0 Å². The molecule has 0 atom stereocenters. The molecule has 0 spiro atoms. The van der Waals surface area contributed by atoms with Crippen LogP contribution >= 0.6 is 15.9 Å².